The predicted octanol–water partition coefficient (Wildman–Crippen LogP) is 3.05. The van der Waals surface area contributed by atoms with Crippen molar-refractivity contribution in [2.75, 3.05) is 6.54 Å². The molecule has 2 aliphatic heterocycles. The molecule has 3 rings (SSSR count). The summed E-state index contributed by atoms with van der Waals surface area (Å²) in [6.45, 7) is 6.57. The standard InChI is InChI=1S/C18H26N2O/c1-13(2)15-8-6-14(7-9-15)12-20-11-10-16-17(20)4-3-5-18(21)19-16/h6-9,13,16-17H,3-5,10-12H2,1-2H3,(H,19,21)/t16-,17-/m1/s1. The number of carbonyl (C=O) groups excluding carboxylic acids is 1. The summed E-state index contributed by atoms with van der Waals surface area (Å²) in [5, 5.41) is 3.20. The van der Waals surface area contributed by atoms with E-state index in [0.717, 1.165) is 32.4 Å². The molecule has 2 saturated heterocycles. The predicted molar refractivity (Wildman–Crippen MR) is 85.1 cm³/mol. The second-order valence-corrected chi connectivity index (χ2v) is 6.79. The van der Waals surface area contributed by atoms with Gasteiger partial charge in [0.1, 0.15) is 0 Å². The van der Waals surface area contributed by atoms with Gasteiger partial charge in [-0.1, -0.05) is 38.1 Å². The van der Waals surface area contributed by atoms with Crippen molar-refractivity contribution in [1.82, 2.24) is 10.2 Å². The second-order valence-electron chi connectivity index (χ2n) is 6.79. The van der Waals surface area contributed by atoms with Gasteiger partial charge in [0, 0.05) is 31.6 Å². The molecular formula is C18H26N2O. The molecule has 2 heterocycles. The van der Waals surface area contributed by atoms with Crippen LogP contribution < -0.4 is 5.32 Å². The van der Waals surface area contributed by atoms with Gasteiger partial charge in [0.25, 0.3) is 0 Å². The van der Waals surface area contributed by atoms with Gasteiger partial charge in [0.15, 0.2) is 0 Å². The van der Waals surface area contributed by atoms with Crippen molar-refractivity contribution in [2.45, 2.75) is 64.1 Å². The summed E-state index contributed by atoms with van der Waals surface area (Å²) in [6.07, 6.45) is 3.97. The van der Waals surface area contributed by atoms with E-state index in [0.29, 0.717) is 24.4 Å². The summed E-state index contributed by atoms with van der Waals surface area (Å²) in [5.41, 5.74) is 2.79. The monoisotopic (exact) mass is 286 g/mol. The summed E-state index contributed by atoms with van der Waals surface area (Å²) in [5.74, 6) is 0.831. The van der Waals surface area contributed by atoms with E-state index in [-0.39, 0.29) is 5.91 Å². The number of fused-ring (bicyclic) bond motifs is 1. The van der Waals surface area contributed by atoms with Crippen molar-refractivity contribution in [2.24, 2.45) is 0 Å². The average Bonchev–Trinajstić information content (AvgIpc) is 2.72. The smallest absolute Gasteiger partial charge is 0.220 e. The molecule has 2 aliphatic rings. The molecule has 2 atom stereocenters. The zero-order valence-electron chi connectivity index (χ0n) is 13.1. The Morgan fingerprint density at radius 1 is 1.24 bits per heavy atom. The number of likely N-dealkylation sites (tertiary alicyclic amines) is 1. The molecule has 114 valence electrons. The van der Waals surface area contributed by atoms with Gasteiger partial charge in [0.05, 0.1) is 0 Å². The number of hydrogen-bond donors (Lipinski definition) is 1. The van der Waals surface area contributed by atoms with Crippen molar-refractivity contribution in [3.05, 3.63) is 35.4 Å². The van der Waals surface area contributed by atoms with Crippen molar-refractivity contribution >= 4 is 5.91 Å². The highest BCUT2D eigenvalue weighted by atomic mass is 16.1. The van der Waals surface area contributed by atoms with Gasteiger partial charge in [0.2, 0.25) is 5.91 Å². The van der Waals surface area contributed by atoms with Crippen LogP contribution in [0.25, 0.3) is 0 Å². The Morgan fingerprint density at radius 3 is 2.71 bits per heavy atom. The Hall–Kier alpha value is -1.35. The van der Waals surface area contributed by atoms with Crippen LogP contribution in [0, 0.1) is 0 Å². The fourth-order valence-electron chi connectivity index (χ4n) is 3.66. The molecule has 3 nitrogen and oxygen atoms in total. The van der Waals surface area contributed by atoms with Crippen LogP contribution in [-0.4, -0.2) is 29.4 Å². The minimum Gasteiger partial charge on any atom is -0.352 e. The first kappa shape index (κ1) is 14.6. The van der Waals surface area contributed by atoms with Crippen LogP contribution in [0.5, 0.6) is 0 Å². The van der Waals surface area contributed by atoms with Crippen LogP contribution in [0.15, 0.2) is 24.3 Å². The average molecular weight is 286 g/mol. The van der Waals surface area contributed by atoms with E-state index in [9.17, 15) is 4.79 Å². The number of rotatable bonds is 3. The molecule has 1 amide bonds. The minimum absolute atomic E-state index is 0.241. The van der Waals surface area contributed by atoms with E-state index >= 15 is 0 Å². The maximum Gasteiger partial charge on any atom is 0.220 e. The van der Waals surface area contributed by atoms with Crippen LogP contribution in [-0.2, 0) is 11.3 Å². The minimum atomic E-state index is 0.241. The molecule has 0 spiro atoms. The summed E-state index contributed by atoms with van der Waals surface area (Å²) >= 11 is 0. The lowest BCUT2D eigenvalue weighted by molar-refractivity contribution is -0.121. The number of nitrogens with zero attached hydrogens (tertiary/aromatic N) is 1. The van der Waals surface area contributed by atoms with E-state index in [1.54, 1.807) is 0 Å². The normalized spacial score (nSPS) is 26.5. The Balaban J connectivity index is 1.66. The third kappa shape index (κ3) is 3.29. The SMILES string of the molecule is CC(C)c1ccc(CN2CC[C@H]3NC(=O)CCC[C@H]32)cc1. The van der Waals surface area contributed by atoms with Crippen molar-refractivity contribution in [3.8, 4) is 0 Å². The molecule has 1 aromatic rings. The van der Waals surface area contributed by atoms with E-state index in [1.165, 1.54) is 11.1 Å². The van der Waals surface area contributed by atoms with Crippen molar-refractivity contribution in [3.63, 3.8) is 0 Å². The molecule has 2 fully saturated rings. The molecule has 3 heteroatoms. The van der Waals surface area contributed by atoms with Crippen LogP contribution in [0.1, 0.15) is 56.6 Å². The molecule has 1 aromatic carbocycles. The van der Waals surface area contributed by atoms with Crippen LogP contribution in [0.3, 0.4) is 0 Å². The molecule has 0 saturated carbocycles. The van der Waals surface area contributed by atoms with Gasteiger partial charge in [-0.25, -0.2) is 0 Å². The first-order chi connectivity index (χ1) is 10.1. The molecular weight excluding hydrogens is 260 g/mol. The van der Waals surface area contributed by atoms with Gasteiger partial charge in [-0.15, -0.1) is 0 Å². The van der Waals surface area contributed by atoms with E-state index < -0.39 is 0 Å². The number of benzene rings is 1. The maximum absolute atomic E-state index is 11.7. The molecule has 1 N–H and O–H groups in total. The summed E-state index contributed by atoms with van der Waals surface area (Å²) < 4.78 is 0. The van der Waals surface area contributed by atoms with Crippen molar-refractivity contribution in [1.29, 1.82) is 0 Å². The quantitative estimate of drug-likeness (QED) is 0.926. The molecule has 0 unspecified atom stereocenters. The van der Waals surface area contributed by atoms with Crippen LogP contribution in [0.4, 0.5) is 0 Å². The lowest BCUT2D eigenvalue weighted by atomic mass is 10.0. The fraction of sp³-hybridized carbons (Fsp3) is 0.611. The second kappa shape index (κ2) is 6.18. The summed E-state index contributed by atoms with van der Waals surface area (Å²) in [4.78, 5) is 14.2. The topological polar surface area (TPSA) is 32.3 Å². The third-order valence-electron chi connectivity index (χ3n) is 4.94. The Kier molecular flexibility index (Phi) is 4.29. The molecule has 0 aromatic heterocycles. The highest BCUT2D eigenvalue weighted by Crippen LogP contribution is 2.27. The Morgan fingerprint density at radius 2 is 2.00 bits per heavy atom. The van der Waals surface area contributed by atoms with E-state index in [4.69, 9.17) is 0 Å². The van der Waals surface area contributed by atoms with Gasteiger partial charge in [-0.2, -0.15) is 0 Å². The lowest BCUT2D eigenvalue weighted by Gasteiger charge is -2.27. The van der Waals surface area contributed by atoms with E-state index in [2.05, 4.69) is 48.3 Å². The number of carbonyl (C=O) groups is 1. The number of hydrogen-bond acceptors (Lipinski definition) is 2. The first-order valence-electron chi connectivity index (χ1n) is 8.26. The largest absolute Gasteiger partial charge is 0.352 e. The number of amides is 1. The van der Waals surface area contributed by atoms with Gasteiger partial charge < -0.3 is 5.32 Å². The Labute approximate surface area is 127 Å². The van der Waals surface area contributed by atoms with Gasteiger partial charge >= 0.3 is 0 Å². The summed E-state index contributed by atoms with van der Waals surface area (Å²) in [7, 11) is 0. The van der Waals surface area contributed by atoms with E-state index in [1.807, 2.05) is 0 Å². The maximum atomic E-state index is 11.7. The zero-order valence-corrected chi connectivity index (χ0v) is 13.1. The number of nitrogens with one attached hydrogen (secondary N) is 1. The highest BCUT2D eigenvalue weighted by Gasteiger charge is 2.36. The Bertz CT molecular complexity index is 494. The van der Waals surface area contributed by atoms with Crippen LogP contribution >= 0.6 is 0 Å². The molecule has 0 radical (unpaired) electrons. The van der Waals surface area contributed by atoms with Gasteiger partial charge in [-0.3, -0.25) is 9.69 Å². The molecule has 0 bridgehead atoms. The molecule has 21 heavy (non-hydrogen) atoms. The fourth-order valence-corrected chi connectivity index (χ4v) is 3.66. The molecule has 0 aliphatic carbocycles. The third-order valence-corrected chi connectivity index (χ3v) is 4.94. The lowest BCUT2D eigenvalue weighted by Crippen LogP contribution is -2.42. The van der Waals surface area contributed by atoms with Crippen LogP contribution in [0.2, 0.25) is 0 Å². The van der Waals surface area contributed by atoms with Crippen molar-refractivity contribution < 1.29 is 4.79 Å². The highest BCUT2D eigenvalue weighted by molar-refractivity contribution is 5.76. The first-order valence-corrected chi connectivity index (χ1v) is 8.26. The zero-order chi connectivity index (χ0) is 14.8. The summed E-state index contributed by atoms with van der Waals surface area (Å²) in [6, 6.07) is 9.93. The van der Waals surface area contributed by atoms with Gasteiger partial charge in [-0.05, 0) is 36.3 Å².